The number of methoxy groups -OCH3 is 1. The number of carboxylic acid groups (broad SMARTS) is 1. The lowest BCUT2D eigenvalue weighted by molar-refractivity contribution is -0.137. The molecule has 0 unspecified atom stereocenters. The van der Waals surface area contributed by atoms with Crippen molar-refractivity contribution in [2.24, 2.45) is 0 Å². The fourth-order valence-electron chi connectivity index (χ4n) is 1.42. The van der Waals surface area contributed by atoms with Crippen molar-refractivity contribution in [3.8, 4) is 0 Å². The molecule has 0 saturated heterocycles. The number of nitrogens with zero attached hydrogens (tertiary/aromatic N) is 1. The van der Waals surface area contributed by atoms with Crippen molar-refractivity contribution in [3.05, 3.63) is 29.0 Å². The summed E-state index contributed by atoms with van der Waals surface area (Å²) in [6.07, 6.45) is 0. The van der Waals surface area contributed by atoms with E-state index >= 15 is 0 Å². The number of rotatable bonds is 6. The number of nitrogens with one attached hydrogen (secondary N) is 1. The lowest BCUT2D eigenvalue weighted by Gasteiger charge is -2.21. The van der Waals surface area contributed by atoms with E-state index in [-0.39, 0.29) is 23.9 Å². The summed E-state index contributed by atoms with van der Waals surface area (Å²) in [4.78, 5) is 23.6. The van der Waals surface area contributed by atoms with Crippen LogP contribution < -0.4 is 5.32 Å². The fourth-order valence-corrected chi connectivity index (χ4v) is 1.63. The van der Waals surface area contributed by atoms with Gasteiger partial charge in [0.05, 0.1) is 17.3 Å². The molecule has 0 heterocycles. The summed E-state index contributed by atoms with van der Waals surface area (Å²) in [6, 6.07) is 3.18. The Morgan fingerprint density at radius 3 is 2.75 bits per heavy atom. The summed E-state index contributed by atoms with van der Waals surface area (Å²) in [5.41, 5.74) is -0.188. The first-order valence-corrected chi connectivity index (χ1v) is 6.04. The van der Waals surface area contributed by atoms with Gasteiger partial charge in [0.15, 0.2) is 0 Å². The number of aliphatic carboxylic acids is 1. The molecule has 2 N–H and O–H groups in total. The minimum Gasteiger partial charge on any atom is -0.480 e. The Labute approximate surface area is 120 Å². The molecule has 0 aliphatic heterocycles. The van der Waals surface area contributed by atoms with Crippen LogP contribution >= 0.6 is 11.6 Å². The number of hydrogen-bond donors (Lipinski definition) is 2. The van der Waals surface area contributed by atoms with Crippen LogP contribution in [0.2, 0.25) is 5.02 Å². The average Bonchev–Trinajstić information content (AvgIpc) is 2.38. The summed E-state index contributed by atoms with van der Waals surface area (Å²) in [7, 11) is 1.42. The quantitative estimate of drug-likeness (QED) is 0.843. The van der Waals surface area contributed by atoms with Crippen molar-refractivity contribution >= 4 is 29.3 Å². The number of carboxylic acids is 1. The Bertz CT molecular complexity index is 478. The van der Waals surface area contributed by atoms with Crippen molar-refractivity contribution in [3.63, 3.8) is 0 Å². The first kappa shape index (κ1) is 16.2. The van der Waals surface area contributed by atoms with Gasteiger partial charge in [0.1, 0.15) is 12.4 Å². The van der Waals surface area contributed by atoms with E-state index in [1.54, 1.807) is 0 Å². The maximum absolute atomic E-state index is 13.5. The molecule has 1 aromatic carbocycles. The second-order valence-electron chi connectivity index (χ2n) is 3.83. The van der Waals surface area contributed by atoms with E-state index in [0.717, 1.165) is 11.0 Å². The summed E-state index contributed by atoms with van der Waals surface area (Å²) in [6.45, 7) is -0.312. The average molecular weight is 305 g/mol. The van der Waals surface area contributed by atoms with Gasteiger partial charge in [-0.15, -0.1) is 0 Å². The molecule has 1 aromatic rings. The van der Waals surface area contributed by atoms with Crippen LogP contribution in [0.4, 0.5) is 14.9 Å². The van der Waals surface area contributed by atoms with Crippen LogP contribution in [0.25, 0.3) is 0 Å². The normalized spacial score (nSPS) is 10.2. The number of carbonyl (C=O) groups excluding carboxylic acids is 1. The number of urea groups is 1. The van der Waals surface area contributed by atoms with E-state index < -0.39 is 24.4 Å². The van der Waals surface area contributed by atoms with Crippen LogP contribution in [0.3, 0.4) is 0 Å². The van der Waals surface area contributed by atoms with E-state index in [0.29, 0.717) is 0 Å². The van der Waals surface area contributed by atoms with Crippen molar-refractivity contribution in [1.29, 1.82) is 0 Å². The van der Waals surface area contributed by atoms with Crippen LogP contribution in [0, 0.1) is 5.82 Å². The molecule has 1 rings (SSSR count). The Morgan fingerprint density at radius 2 is 2.20 bits per heavy atom. The Hall–Kier alpha value is -1.86. The number of benzene rings is 1. The van der Waals surface area contributed by atoms with Gasteiger partial charge in [-0.05, 0) is 12.1 Å². The number of anilines is 1. The van der Waals surface area contributed by atoms with E-state index in [4.69, 9.17) is 21.4 Å². The largest absolute Gasteiger partial charge is 0.480 e. The lowest BCUT2D eigenvalue weighted by Crippen LogP contribution is -2.40. The van der Waals surface area contributed by atoms with Gasteiger partial charge in [0.2, 0.25) is 0 Å². The van der Waals surface area contributed by atoms with Crippen LogP contribution in [-0.2, 0) is 9.53 Å². The molecule has 0 fully saturated rings. The predicted octanol–water partition coefficient (Wildman–Crippen LogP) is 2.04. The smallest absolute Gasteiger partial charge is 0.323 e. The molecule has 8 heteroatoms. The van der Waals surface area contributed by atoms with Gasteiger partial charge in [-0.1, -0.05) is 17.7 Å². The van der Waals surface area contributed by atoms with Gasteiger partial charge >= 0.3 is 12.0 Å². The molecule has 6 nitrogen and oxygen atoms in total. The predicted molar refractivity (Wildman–Crippen MR) is 71.5 cm³/mol. The molecule has 0 atom stereocenters. The molecule has 110 valence electrons. The number of halogens is 2. The number of ether oxygens (including phenoxy) is 1. The molecule has 0 spiro atoms. The SMILES string of the molecule is COCCN(CC(=O)O)C(=O)Nc1c(F)cccc1Cl. The second-order valence-corrected chi connectivity index (χ2v) is 4.24. The topological polar surface area (TPSA) is 78.9 Å². The molecule has 0 bridgehead atoms. The van der Waals surface area contributed by atoms with Crippen molar-refractivity contribution < 1.29 is 23.8 Å². The third-order valence-electron chi connectivity index (χ3n) is 2.37. The summed E-state index contributed by atoms with van der Waals surface area (Å²) in [5, 5.41) is 11.0. The lowest BCUT2D eigenvalue weighted by atomic mass is 10.3. The maximum Gasteiger partial charge on any atom is 0.323 e. The highest BCUT2D eigenvalue weighted by Crippen LogP contribution is 2.24. The van der Waals surface area contributed by atoms with Gasteiger partial charge in [0, 0.05) is 13.7 Å². The zero-order valence-corrected chi connectivity index (χ0v) is 11.5. The molecule has 0 saturated carbocycles. The van der Waals surface area contributed by atoms with Crippen LogP contribution in [0.15, 0.2) is 18.2 Å². The van der Waals surface area contributed by atoms with Crippen LogP contribution in [-0.4, -0.2) is 48.8 Å². The van der Waals surface area contributed by atoms with Crippen LogP contribution in [0.1, 0.15) is 0 Å². The molecular formula is C12H14ClFN2O4. The molecule has 0 aliphatic carbocycles. The zero-order valence-electron chi connectivity index (χ0n) is 10.7. The highest BCUT2D eigenvalue weighted by atomic mass is 35.5. The summed E-state index contributed by atoms with van der Waals surface area (Å²) in [5.74, 6) is -1.89. The minimum absolute atomic E-state index is 0.0281. The van der Waals surface area contributed by atoms with Gasteiger partial charge in [-0.2, -0.15) is 0 Å². The Kier molecular flexibility index (Phi) is 6.20. The van der Waals surface area contributed by atoms with E-state index in [1.165, 1.54) is 19.2 Å². The third-order valence-corrected chi connectivity index (χ3v) is 2.69. The Balaban J connectivity index is 2.81. The Morgan fingerprint density at radius 1 is 1.50 bits per heavy atom. The van der Waals surface area contributed by atoms with Crippen molar-refractivity contribution in [1.82, 2.24) is 4.90 Å². The van der Waals surface area contributed by atoms with Gasteiger partial charge < -0.3 is 20.1 Å². The number of hydrogen-bond acceptors (Lipinski definition) is 3. The number of amides is 2. The number of para-hydroxylation sites is 1. The molecule has 0 aliphatic rings. The fraction of sp³-hybridized carbons (Fsp3) is 0.333. The highest BCUT2D eigenvalue weighted by Gasteiger charge is 2.19. The monoisotopic (exact) mass is 304 g/mol. The molecular weight excluding hydrogens is 291 g/mol. The highest BCUT2D eigenvalue weighted by molar-refractivity contribution is 6.33. The standard InChI is InChI=1S/C12H14ClFN2O4/c1-20-6-5-16(7-10(17)18)12(19)15-11-8(13)3-2-4-9(11)14/h2-4H,5-7H2,1H3,(H,15,19)(H,17,18). The first-order chi connectivity index (χ1) is 9.45. The van der Waals surface area contributed by atoms with E-state index in [9.17, 15) is 14.0 Å². The first-order valence-electron chi connectivity index (χ1n) is 5.66. The molecule has 0 radical (unpaired) electrons. The second kappa shape index (κ2) is 7.66. The van der Waals surface area contributed by atoms with Crippen molar-refractivity contribution in [2.45, 2.75) is 0 Å². The zero-order chi connectivity index (χ0) is 15.1. The maximum atomic E-state index is 13.5. The summed E-state index contributed by atoms with van der Waals surface area (Å²) >= 11 is 5.77. The van der Waals surface area contributed by atoms with Crippen molar-refractivity contribution in [2.75, 3.05) is 32.1 Å². The van der Waals surface area contributed by atoms with Crippen LogP contribution in [0.5, 0.6) is 0 Å². The van der Waals surface area contributed by atoms with E-state index in [2.05, 4.69) is 5.32 Å². The van der Waals surface area contributed by atoms with Gasteiger partial charge in [0.25, 0.3) is 0 Å². The summed E-state index contributed by atoms with van der Waals surface area (Å²) < 4.78 is 18.3. The number of carbonyl (C=O) groups is 2. The third kappa shape index (κ3) is 4.67. The molecule has 2 amide bonds. The van der Waals surface area contributed by atoms with Gasteiger partial charge in [-0.3, -0.25) is 4.79 Å². The minimum atomic E-state index is -1.18. The van der Waals surface area contributed by atoms with E-state index in [1.807, 2.05) is 0 Å². The molecule has 0 aromatic heterocycles. The van der Waals surface area contributed by atoms with Gasteiger partial charge in [-0.25, -0.2) is 9.18 Å². The molecule has 20 heavy (non-hydrogen) atoms.